The number of aryl methyl sites for hydroxylation is 1. The monoisotopic (exact) mass is 328 g/mol. The van der Waals surface area contributed by atoms with Crippen LogP contribution in [0.5, 0.6) is 0 Å². The van der Waals surface area contributed by atoms with E-state index in [4.69, 9.17) is 17.3 Å². The van der Waals surface area contributed by atoms with Crippen molar-refractivity contribution >= 4 is 34.7 Å². The van der Waals surface area contributed by atoms with Crippen LogP contribution in [0.15, 0.2) is 30.3 Å². The zero-order valence-corrected chi connectivity index (χ0v) is 13.8. The molecule has 0 fully saturated rings. The Morgan fingerprint density at radius 2 is 1.96 bits per heavy atom. The molecule has 2 aromatic carbocycles. The number of nitrogen functional groups attached to an aromatic ring is 1. The second kappa shape index (κ2) is 5.70. The summed E-state index contributed by atoms with van der Waals surface area (Å²) in [6.07, 6.45) is 0.297. The van der Waals surface area contributed by atoms with Crippen LogP contribution in [0.4, 0.5) is 11.4 Å². The van der Waals surface area contributed by atoms with Gasteiger partial charge in [0.05, 0.1) is 11.3 Å². The molecule has 0 saturated heterocycles. The molecular formula is C18H17ClN2O2. The minimum atomic E-state index is -0.207. The maximum absolute atomic E-state index is 13.0. The highest BCUT2D eigenvalue weighted by Crippen LogP contribution is 2.32. The molecule has 4 nitrogen and oxygen atoms in total. The number of fused-ring (bicyclic) bond motifs is 1. The second-order valence-corrected chi connectivity index (χ2v) is 6.20. The summed E-state index contributed by atoms with van der Waals surface area (Å²) < 4.78 is 0. The summed E-state index contributed by atoms with van der Waals surface area (Å²) in [4.78, 5) is 26.6. The van der Waals surface area contributed by atoms with Gasteiger partial charge in [0.2, 0.25) is 0 Å². The Kier molecular flexibility index (Phi) is 3.86. The van der Waals surface area contributed by atoms with E-state index >= 15 is 0 Å². The molecule has 0 aliphatic carbocycles. The zero-order chi connectivity index (χ0) is 16.7. The van der Waals surface area contributed by atoms with Crippen molar-refractivity contribution in [2.45, 2.75) is 20.3 Å². The van der Waals surface area contributed by atoms with E-state index in [0.717, 1.165) is 11.1 Å². The fourth-order valence-electron chi connectivity index (χ4n) is 2.81. The van der Waals surface area contributed by atoms with E-state index in [1.165, 1.54) is 0 Å². The lowest BCUT2D eigenvalue weighted by Crippen LogP contribution is -2.37. The Labute approximate surface area is 139 Å². The van der Waals surface area contributed by atoms with E-state index in [9.17, 15) is 9.59 Å². The van der Waals surface area contributed by atoms with Gasteiger partial charge < -0.3 is 10.6 Å². The lowest BCUT2D eigenvalue weighted by Gasteiger charge is -2.29. The van der Waals surface area contributed by atoms with E-state index in [1.54, 1.807) is 29.2 Å². The van der Waals surface area contributed by atoms with Gasteiger partial charge in [-0.1, -0.05) is 17.7 Å². The lowest BCUT2D eigenvalue weighted by molar-refractivity contribution is 0.0955. The number of rotatable bonds is 1. The number of nitrogens with zero attached hydrogens (tertiary/aromatic N) is 1. The number of anilines is 2. The number of Topliss-reactive ketones (excluding diaryl/α,β-unsaturated/α-hetero) is 1. The molecule has 0 atom stereocenters. The van der Waals surface area contributed by atoms with Crippen LogP contribution in [-0.4, -0.2) is 18.2 Å². The van der Waals surface area contributed by atoms with Gasteiger partial charge in [-0.05, 0) is 49.2 Å². The normalized spacial score (nSPS) is 13.9. The SMILES string of the molecule is Cc1ccc(C(=O)N2CCC(=O)c3ccc(Cl)cc32)c(N)c1C. The minimum absolute atomic E-state index is 0.0220. The molecule has 23 heavy (non-hydrogen) atoms. The van der Waals surface area contributed by atoms with Crippen LogP contribution in [0, 0.1) is 13.8 Å². The standard InChI is InChI=1S/C18H17ClN2O2/c1-10-3-5-14(17(20)11(10)2)18(23)21-8-7-16(22)13-6-4-12(19)9-15(13)21/h3-6,9H,7-8,20H2,1-2H3. The average molecular weight is 329 g/mol. The molecule has 3 rings (SSSR count). The molecule has 0 unspecified atom stereocenters. The van der Waals surface area contributed by atoms with Crippen LogP contribution in [0.2, 0.25) is 5.02 Å². The van der Waals surface area contributed by atoms with E-state index in [1.807, 2.05) is 19.9 Å². The molecule has 2 aromatic rings. The number of halogens is 1. The van der Waals surface area contributed by atoms with Crippen LogP contribution in [0.25, 0.3) is 0 Å². The number of ketones is 1. The molecule has 0 aromatic heterocycles. The van der Waals surface area contributed by atoms with Crippen molar-refractivity contribution in [2.75, 3.05) is 17.2 Å². The first-order chi connectivity index (χ1) is 10.9. The number of amides is 1. The Morgan fingerprint density at radius 1 is 1.22 bits per heavy atom. The number of hydrogen-bond donors (Lipinski definition) is 1. The summed E-state index contributed by atoms with van der Waals surface area (Å²) in [5.41, 5.74) is 10.1. The summed E-state index contributed by atoms with van der Waals surface area (Å²) in [5, 5.41) is 0.490. The van der Waals surface area contributed by atoms with Crippen molar-refractivity contribution in [2.24, 2.45) is 0 Å². The van der Waals surface area contributed by atoms with Crippen LogP contribution in [-0.2, 0) is 0 Å². The summed E-state index contributed by atoms with van der Waals surface area (Å²) in [5.74, 6) is -0.185. The topological polar surface area (TPSA) is 63.4 Å². The molecule has 1 aliphatic heterocycles. The van der Waals surface area contributed by atoms with Gasteiger partial charge >= 0.3 is 0 Å². The number of benzene rings is 2. The molecule has 0 bridgehead atoms. The summed E-state index contributed by atoms with van der Waals surface area (Å²) in [6, 6.07) is 8.61. The Bertz CT molecular complexity index is 830. The van der Waals surface area contributed by atoms with Crippen molar-refractivity contribution in [1.29, 1.82) is 0 Å². The Balaban J connectivity index is 2.08. The summed E-state index contributed by atoms with van der Waals surface area (Å²) >= 11 is 6.04. The van der Waals surface area contributed by atoms with Gasteiger partial charge in [-0.2, -0.15) is 0 Å². The number of hydrogen-bond acceptors (Lipinski definition) is 3. The van der Waals surface area contributed by atoms with Crippen LogP contribution in [0.3, 0.4) is 0 Å². The molecular weight excluding hydrogens is 312 g/mol. The predicted octanol–water partition coefficient (Wildman–Crippen LogP) is 3.77. The first-order valence-electron chi connectivity index (χ1n) is 7.40. The molecule has 1 heterocycles. The summed E-state index contributed by atoms with van der Waals surface area (Å²) in [6.45, 7) is 4.18. The molecule has 5 heteroatoms. The van der Waals surface area contributed by atoms with Crippen LogP contribution >= 0.6 is 11.6 Å². The fourth-order valence-corrected chi connectivity index (χ4v) is 2.98. The van der Waals surface area contributed by atoms with Gasteiger partial charge in [-0.15, -0.1) is 0 Å². The van der Waals surface area contributed by atoms with Gasteiger partial charge in [-0.25, -0.2) is 0 Å². The van der Waals surface area contributed by atoms with Crippen molar-refractivity contribution < 1.29 is 9.59 Å². The maximum atomic E-state index is 13.0. The van der Waals surface area contributed by atoms with E-state index in [-0.39, 0.29) is 11.7 Å². The zero-order valence-electron chi connectivity index (χ0n) is 13.0. The van der Waals surface area contributed by atoms with Gasteiger partial charge in [0.25, 0.3) is 5.91 Å². The van der Waals surface area contributed by atoms with Gasteiger partial charge in [0.15, 0.2) is 5.78 Å². The quantitative estimate of drug-likeness (QED) is 0.810. The summed E-state index contributed by atoms with van der Waals surface area (Å²) in [7, 11) is 0. The first kappa shape index (κ1) is 15.6. The smallest absolute Gasteiger partial charge is 0.260 e. The van der Waals surface area contributed by atoms with E-state index in [0.29, 0.717) is 40.5 Å². The van der Waals surface area contributed by atoms with Gasteiger partial charge in [0.1, 0.15) is 0 Å². The number of nitrogens with two attached hydrogens (primary N) is 1. The molecule has 0 spiro atoms. The largest absolute Gasteiger partial charge is 0.398 e. The van der Waals surface area contributed by atoms with Crippen LogP contribution in [0.1, 0.15) is 38.3 Å². The predicted molar refractivity (Wildman–Crippen MR) is 92.4 cm³/mol. The Hall–Kier alpha value is -2.33. The maximum Gasteiger partial charge on any atom is 0.260 e. The number of carbonyl (C=O) groups excluding carboxylic acids is 2. The lowest BCUT2D eigenvalue weighted by atomic mass is 9.98. The molecule has 2 N–H and O–H groups in total. The molecule has 0 radical (unpaired) electrons. The highest BCUT2D eigenvalue weighted by Gasteiger charge is 2.29. The third kappa shape index (κ3) is 2.59. The second-order valence-electron chi connectivity index (χ2n) is 5.76. The van der Waals surface area contributed by atoms with Crippen LogP contribution < -0.4 is 10.6 Å². The van der Waals surface area contributed by atoms with Gasteiger partial charge in [0, 0.05) is 29.2 Å². The van der Waals surface area contributed by atoms with Crippen molar-refractivity contribution in [3.63, 3.8) is 0 Å². The fraction of sp³-hybridized carbons (Fsp3) is 0.222. The van der Waals surface area contributed by atoms with Crippen molar-refractivity contribution in [3.8, 4) is 0 Å². The van der Waals surface area contributed by atoms with Gasteiger partial charge in [-0.3, -0.25) is 9.59 Å². The Morgan fingerprint density at radius 3 is 2.70 bits per heavy atom. The third-order valence-corrected chi connectivity index (χ3v) is 4.61. The highest BCUT2D eigenvalue weighted by atomic mass is 35.5. The molecule has 1 amide bonds. The van der Waals surface area contributed by atoms with Crippen molar-refractivity contribution in [1.82, 2.24) is 0 Å². The molecule has 1 aliphatic rings. The molecule has 0 saturated carbocycles. The van der Waals surface area contributed by atoms with E-state index in [2.05, 4.69) is 0 Å². The minimum Gasteiger partial charge on any atom is -0.398 e. The van der Waals surface area contributed by atoms with Crippen molar-refractivity contribution in [3.05, 3.63) is 57.6 Å². The third-order valence-electron chi connectivity index (χ3n) is 4.37. The first-order valence-corrected chi connectivity index (χ1v) is 7.78. The van der Waals surface area contributed by atoms with E-state index < -0.39 is 0 Å². The molecule has 118 valence electrons. The highest BCUT2D eigenvalue weighted by molar-refractivity contribution is 6.31. The number of carbonyl (C=O) groups is 2. The average Bonchev–Trinajstić information content (AvgIpc) is 2.52.